The van der Waals surface area contributed by atoms with Crippen LogP contribution in [0.25, 0.3) is 22.1 Å². The number of para-hydroxylation sites is 1. The van der Waals surface area contributed by atoms with Gasteiger partial charge in [0.15, 0.2) is 0 Å². The number of aromatic nitrogens is 2. The van der Waals surface area contributed by atoms with E-state index in [0.717, 1.165) is 17.8 Å². The fourth-order valence-corrected chi connectivity index (χ4v) is 3.72. The Morgan fingerprint density at radius 3 is 3.04 bits per heavy atom. The van der Waals surface area contributed by atoms with Gasteiger partial charge in [0.1, 0.15) is 16.9 Å². The summed E-state index contributed by atoms with van der Waals surface area (Å²) in [7, 11) is 0. The molecule has 0 aliphatic carbocycles. The van der Waals surface area contributed by atoms with Crippen molar-refractivity contribution in [2.24, 2.45) is 5.92 Å². The van der Waals surface area contributed by atoms with Gasteiger partial charge < -0.3 is 9.40 Å². The van der Waals surface area contributed by atoms with E-state index in [2.05, 4.69) is 23.7 Å². The second-order valence-electron chi connectivity index (χ2n) is 6.71. The summed E-state index contributed by atoms with van der Waals surface area (Å²) in [6.07, 6.45) is 2.43. The van der Waals surface area contributed by atoms with Crippen molar-refractivity contribution in [3.05, 3.63) is 40.4 Å². The lowest BCUT2D eigenvalue weighted by atomic mass is 10.0. The number of aromatic amines is 1. The van der Waals surface area contributed by atoms with E-state index in [1.54, 1.807) is 0 Å². The summed E-state index contributed by atoms with van der Waals surface area (Å²) < 4.78 is 5.65. The molecule has 0 bridgehead atoms. The average molecular weight is 311 g/mol. The van der Waals surface area contributed by atoms with Gasteiger partial charge >= 0.3 is 0 Å². The fourth-order valence-electron chi connectivity index (χ4n) is 3.72. The molecule has 0 spiro atoms. The Morgan fingerprint density at radius 2 is 2.22 bits per heavy atom. The van der Waals surface area contributed by atoms with Gasteiger partial charge in [0.05, 0.1) is 6.54 Å². The molecule has 1 aliphatic rings. The zero-order valence-electron chi connectivity index (χ0n) is 13.5. The third-order valence-electron chi connectivity index (χ3n) is 4.82. The van der Waals surface area contributed by atoms with Crippen LogP contribution in [0.1, 0.15) is 32.5 Å². The molecule has 3 aromatic rings. The number of H-pyrrole nitrogens is 1. The molecule has 1 aliphatic heterocycles. The van der Waals surface area contributed by atoms with E-state index in [-0.39, 0.29) is 5.56 Å². The minimum Gasteiger partial charge on any atom is -0.449 e. The molecule has 1 saturated heterocycles. The Kier molecular flexibility index (Phi) is 3.45. The molecule has 1 aromatic carbocycles. The molecule has 0 saturated carbocycles. The SMILES string of the molecule is CC(C)[C@H]1CCCN1Cc1nc2c(oc3ccccc32)c(=O)[nH]1. The van der Waals surface area contributed by atoms with Crippen molar-refractivity contribution in [2.45, 2.75) is 39.3 Å². The number of furan rings is 1. The van der Waals surface area contributed by atoms with Gasteiger partial charge in [-0.2, -0.15) is 0 Å². The predicted octanol–water partition coefficient (Wildman–Crippen LogP) is 3.29. The first-order valence-corrected chi connectivity index (χ1v) is 8.28. The van der Waals surface area contributed by atoms with E-state index < -0.39 is 0 Å². The van der Waals surface area contributed by atoms with Gasteiger partial charge in [-0.25, -0.2) is 4.98 Å². The van der Waals surface area contributed by atoms with Crippen LogP contribution in [0.15, 0.2) is 33.5 Å². The van der Waals surface area contributed by atoms with Gasteiger partial charge in [0.2, 0.25) is 5.58 Å². The molecule has 23 heavy (non-hydrogen) atoms. The number of rotatable bonds is 3. The standard InChI is InChI=1S/C18H21N3O2/c1-11(2)13-7-5-9-21(13)10-15-19-16-12-6-3-4-8-14(12)23-17(16)18(22)20-15/h3-4,6,8,11,13H,5,7,9-10H2,1-2H3,(H,19,20,22)/t13-/m1/s1. The second-order valence-corrected chi connectivity index (χ2v) is 6.71. The minimum atomic E-state index is -0.193. The summed E-state index contributed by atoms with van der Waals surface area (Å²) in [4.78, 5) is 22.4. The topological polar surface area (TPSA) is 62.1 Å². The van der Waals surface area contributed by atoms with E-state index in [4.69, 9.17) is 9.40 Å². The van der Waals surface area contributed by atoms with E-state index in [1.165, 1.54) is 12.8 Å². The highest BCUT2D eigenvalue weighted by Crippen LogP contribution is 2.27. The molecule has 120 valence electrons. The van der Waals surface area contributed by atoms with Crippen molar-refractivity contribution in [2.75, 3.05) is 6.54 Å². The number of benzene rings is 1. The predicted molar refractivity (Wildman–Crippen MR) is 90.4 cm³/mol. The van der Waals surface area contributed by atoms with Crippen molar-refractivity contribution in [1.82, 2.24) is 14.9 Å². The number of fused-ring (bicyclic) bond motifs is 3. The van der Waals surface area contributed by atoms with E-state index in [1.807, 2.05) is 24.3 Å². The van der Waals surface area contributed by atoms with Gasteiger partial charge in [-0.15, -0.1) is 0 Å². The maximum atomic E-state index is 12.4. The molecule has 1 atom stereocenters. The highest BCUT2D eigenvalue weighted by molar-refractivity contribution is 6.01. The van der Waals surface area contributed by atoms with Crippen LogP contribution < -0.4 is 5.56 Å². The Bertz CT molecular complexity index is 909. The third kappa shape index (κ3) is 2.45. The molecule has 4 rings (SSSR count). The Balaban J connectivity index is 1.76. The molecule has 2 aromatic heterocycles. The fraction of sp³-hybridized carbons (Fsp3) is 0.444. The highest BCUT2D eigenvalue weighted by Gasteiger charge is 2.27. The Morgan fingerprint density at radius 1 is 1.39 bits per heavy atom. The highest BCUT2D eigenvalue weighted by atomic mass is 16.3. The molecule has 5 nitrogen and oxygen atoms in total. The molecule has 1 fully saturated rings. The minimum absolute atomic E-state index is 0.193. The van der Waals surface area contributed by atoms with E-state index >= 15 is 0 Å². The molecule has 0 unspecified atom stereocenters. The third-order valence-corrected chi connectivity index (χ3v) is 4.82. The monoisotopic (exact) mass is 311 g/mol. The smallest absolute Gasteiger partial charge is 0.294 e. The van der Waals surface area contributed by atoms with Crippen molar-refractivity contribution in [3.8, 4) is 0 Å². The van der Waals surface area contributed by atoms with Crippen LogP contribution >= 0.6 is 0 Å². The molecule has 1 N–H and O–H groups in total. The van der Waals surface area contributed by atoms with Gasteiger partial charge in [-0.05, 0) is 37.4 Å². The normalized spacial score (nSPS) is 19.3. The lowest BCUT2D eigenvalue weighted by Crippen LogP contribution is -2.34. The Hall–Kier alpha value is -2.14. The maximum Gasteiger partial charge on any atom is 0.294 e. The first kappa shape index (κ1) is 14.5. The zero-order chi connectivity index (χ0) is 16.0. The molecule has 0 radical (unpaired) electrons. The van der Waals surface area contributed by atoms with Gasteiger partial charge in [-0.1, -0.05) is 26.0 Å². The quantitative estimate of drug-likeness (QED) is 0.806. The zero-order valence-corrected chi connectivity index (χ0v) is 13.5. The average Bonchev–Trinajstić information content (AvgIpc) is 3.12. The first-order valence-electron chi connectivity index (χ1n) is 8.28. The lowest BCUT2D eigenvalue weighted by molar-refractivity contribution is 0.194. The summed E-state index contributed by atoms with van der Waals surface area (Å²) >= 11 is 0. The van der Waals surface area contributed by atoms with Gasteiger partial charge in [-0.3, -0.25) is 9.69 Å². The van der Waals surface area contributed by atoms with Crippen LogP contribution in [-0.4, -0.2) is 27.5 Å². The number of nitrogens with zero attached hydrogens (tertiary/aromatic N) is 2. The van der Waals surface area contributed by atoms with Gasteiger partial charge in [0.25, 0.3) is 5.56 Å². The number of hydrogen-bond donors (Lipinski definition) is 1. The summed E-state index contributed by atoms with van der Waals surface area (Å²) in [5, 5.41) is 0.900. The van der Waals surface area contributed by atoms with E-state index in [0.29, 0.717) is 35.2 Å². The van der Waals surface area contributed by atoms with Crippen molar-refractivity contribution in [1.29, 1.82) is 0 Å². The maximum absolute atomic E-state index is 12.4. The summed E-state index contributed by atoms with van der Waals surface area (Å²) in [6, 6.07) is 8.22. The van der Waals surface area contributed by atoms with Crippen molar-refractivity contribution in [3.63, 3.8) is 0 Å². The molecule has 5 heteroatoms. The summed E-state index contributed by atoms with van der Waals surface area (Å²) in [6.45, 7) is 6.27. The van der Waals surface area contributed by atoms with Crippen LogP contribution in [0.3, 0.4) is 0 Å². The summed E-state index contributed by atoms with van der Waals surface area (Å²) in [5.41, 5.74) is 1.50. The second kappa shape index (κ2) is 5.49. The Labute approximate surface area is 134 Å². The van der Waals surface area contributed by atoms with Crippen LogP contribution in [0.5, 0.6) is 0 Å². The van der Waals surface area contributed by atoms with Gasteiger partial charge in [0, 0.05) is 11.4 Å². The molecular formula is C18H21N3O2. The van der Waals surface area contributed by atoms with Crippen LogP contribution in [0.2, 0.25) is 0 Å². The number of nitrogens with one attached hydrogen (secondary N) is 1. The first-order chi connectivity index (χ1) is 11.1. The summed E-state index contributed by atoms with van der Waals surface area (Å²) in [5.74, 6) is 1.34. The van der Waals surface area contributed by atoms with E-state index in [9.17, 15) is 4.79 Å². The molecular weight excluding hydrogens is 290 g/mol. The van der Waals surface area contributed by atoms with Crippen LogP contribution in [0, 0.1) is 5.92 Å². The molecule has 0 amide bonds. The largest absolute Gasteiger partial charge is 0.449 e. The van der Waals surface area contributed by atoms with Crippen LogP contribution in [0.4, 0.5) is 0 Å². The molecule has 3 heterocycles. The number of hydrogen-bond acceptors (Lipinski definition) is 4. The number of likely N-dealkylation sites (tertiary alicyclic amines) is 1. The van der Waals surface area contributed by atoms with Crippen molar-refractivity contribution < 1.29 is 4.42 Å². The lowest BCUT2D eigenvalue weighted by Gasteiger charge is -2.26. The van der Waals surface area contributed by atoms with Crippen molar-refractivity contribution >= 4 is 22.1 Å². The van der Waals surface area contributed by atoms with Crippen LogP contribution in [-0.2, 0) is 6.54 Å².